The number of carbonyl (C=O) groups excluding carboxylic acids is 1. The molecular formula is C8H14N2O2. The van der Waals surface area contributed by atoms with Gasteiger partial charge >= 0.3 is 0 Å². The lowest BCUT2D eigenvalue weighted by atomic mass is 10.0. The summed E-state index contributed by atoms with van der Waals surface area (Å²) in [5, 5.41) is 3.26. The highest BCUT2D eigenvalue weighted by atomic mass is 16.5. The second-order valence-electron chi connectivity index (χ2n) is 3.41. The molecule has 2 heterocycles. The van der Waals surface area contributed by atoms with E-state index in [-0.39, 0.29) is 18.6 Å². The number of amides is 1. The van der Waals surface area contributed by atoms with E-state index in [0.717, 1.165) is 19.5 Å². The molecule has 2 atom stereocenters. The molecule has 0 aromatic rings. The van der Waals surface area contributed by atoms with E-state index >= 15 is 0 Å². The van der Waals surface area contributed by atoms with Crippen molar-refractivity contribution < 1.29 is 9.53 Å². The molecule has 0 spiro atoms. The highest BCUT2D eigenvalue weighted by Gasteiger charge is 2.35. The number of likely N-dealkylation sites (N-methyl/N-ethyl adjacent to an activating group) is 1. The number of fused-ring (bicyclic) bond motifs is 1. The van der Waals surface area contributed by atoms with Crippen LogP contribution in [0.25, 0.3) is 0 Å². The predicted molar refractivity (Wildman–Crippen MR) is 43.8 cm³/mol. The second-order valence-corrected chi connectivity index (χ2v) is 3.41. The minimum Gasteiger partial charge on any atom is -0.365 e. The lowest BCUT2D eigenvalue weighted by Gasteiger charge is -2.41. The molecule has 2 rings (SSSR count). The molecule has 0 radical (unpaired) electrons. The van der Waals surface area contributed by atoms with Crippen molar-refractivity contribution in [2.75, 3.05) is 26.7 Å². The first kappa shape index (κ1) is 8.01. The monoisotopic (exact) mass is 170 g/mol. The fourth-order valence-electron chi connectivity index (χ4n) is 1.89. The third-order valence-electron chi connectivity index (χ3n) is 2.70. The van der Waals surface area contributed by atoms with Gasteiger partial charge in [-0.1, -0.05) is 0 Å². The van der Waals surface area contributed by atoms with Gasteiger partial charge in [0.05, 0.1) is 12.1 Å². The summed E-state index contributed by atoms with van der Waals surface area (Å²) in [6, 6.07) is 0.299. The molecule has 0 aromatic heterocycles. The fraction of sp³-hybridized carbons (Fsp3) is 0.875. The van der Waals surface area contributed by atoms with Gasteiger partial charge in [0.2, 0.25) is 5.91 Å². The lowest BCUT2D eigenvalue weighted by Crippen LogP contribution is -2.59. The highest BCUT2D eigenvalue weighted by Crippen LogP contribution is 2.18. The molecule has 68 valence electrons. The maximum atomic E-state index is 11.2. The van der Waals surface area contributed by atoms with Gasteiger partial charge in [-0.3, -0.25) is 4.79 Å². The molecular weight excluding hydrogens is 156 g/mol. The van der Waals surface area contributed by atoms with Crippen LogP contribution >= 0.6 is 0 Å². The van der Waals surface area contributed by atoms with Crippen molar-refractivity contribution in [3.05, 3.63) is 0 Å². The van der Waals surface area contributed by atoms with Crippen LogP contribution in [-0.2, 0) is 9.53 Å². The smallest absolute Gasteiger partial charge is 0.248 e. The Morgan fingerprint density at radius 3 is 3.33 bits per heavy atom. The van der Waals surface area contributed by atoms with Crippen molar-refractivity contribution in [2.45, 2.75) is 18.6 Å². The quantitative estimate of drug-likeness (QED) is 0.518. The van der Waals surface area contributed by atoms with Crippen molar-refractivity contribution in [1.29, 1.82) is 0 Å². The Morgan fingerprint density at radius 2 is 2.50 bits per heavy atom. The van der Waals surface area contributed by atoms with Gasteiger partial charge in [-0.25, -0.2) is 0 Å². The molecule has 0 bridgehead atoms. The van der Waals surface area contributed by atoms with Crippen molar-refractivity contribution in [2.24, 2.45) is 0 Å². The Bertz CT molecular complexity index is 195. The normalized spacial score (nSPS) is 36.4. The van der Waals surface area contributed by atoms with Gasteiger partial charge in [0.1, 0.15) is 6.61 Å². The predicted octanol–water partition coefficient (Wildman–Crippen LogP) is -0.794. The molecule has 4 heteroatoms. The summed E-state index contributed by atoms with van der Waals surface area (Å²) >= 11 is 0. The summed E-state index contributed by atoms with van der Waals surface area (Å²) in [6.45, 7) is 2.11. The molecule has 2 aliphatic heterocycles. The van der Waals surface area contributed by atoms with E-state index in [1.807, 2.05) is 11.9 Å². The molecule has 2 fully saturated rings. The Balaban J connectivity index is 2.08. The highest BCUT2D eigenvalue weighted by molar-refractivity contribution is 5.78. The van der Waals surface area contributed by atoms with Gasteiger partial charge < -0.3 is 15.0 Å². The number of nitrogens with zero attached hydrogens (tertiary/aromatic N) is 1. The van der Waals surface area contributed by atoms with Gasteiger partial charge in [0.15, 0.2) is 0 Å². The number of piperidine rings is 1. The van der Waals surface area contributed by atoms with Gasteiger partial charge in [-0.05, 0) is 13.0 Å². The molecule has 1 N–H and O–H groups in total. The van der Waals surface area contributed by atoms with Crippen LogP contribution < -0.4 is 5.32 Å². The topological polar surface area (TPSA) is 41.6 Å². The van der Waals surface area contributed by atoms with Crippen LogP contribution in [0.2, 0.25) is 0 Å². The minimum absolute atomic E-state index is 0.109. The molecule has 0 unspecified atom stereocenters. The Labute approximate surface area is 71.9 Å². The lowest BCUT2D eigenvalue weighted by molar-refractivity contribution is -0.156. The molecule has 0 aliphatic carbocycles. The molecule has 1 amide bonds. The van der Waals surface area contributed by atoms with Crippen molar-refractivity contribution in [3.8, 4) is 0 Å². The van der Waals surface area contributed by atoms with E-state index in [1.165, 1.54) is 0 Å². The Morgan fingerprint density at radius 1 is 1.67 bits per heavy atom. The molecule has 2 saturated heterocycles. The van der Waals surface area contributed by atoms with Gasteiger partial charge in [-0.15, -0.1) is 0 Å². The van der Waals surface area contributed by atoms with E-state index in [9.17, 15) is 4.79 Å². The number of morpholine rings is 1. The van der Waals surface area contributed by atoms with E-state index < -0.39 is 0 Å². The van der Waals surface area contributed by atoms with Crippen LogP contribution in [0.3, 0.4) is 0 Å². The number of rotatable bonds is 0. The van der Waals surface area contributed by atoms with E-state index in [4.69, 9.17) is 4.74 Å². The molecule has 0 saturated carbocycles. The van der Waals surface area contributed by atoms with Crippen molar-refractivity contribution >= 4 is 5.91 Å². The van der Waals surface area contributed by atoms with Crippen molar-refractivity contribution in [3.63, 3.8) is 0 Å². The summed E-state index contributed by atoms with van der Waals surface area (Å²) in [5.41, 5.74) is 0. The van der Waals surface area contributed by atoms with Crippen LogP contribution in [-0.4, -0.2) is 49.7 Å². The first-order chi connectivity index (χ1) is 5.79. The maximum Gasteiger partial charge on any atom is 0.248 e. The minimum atomic E-state index is 0.109. The van der Waals surface area contributed by atoms with Gasteiger partial charge in [0, 0.05) is 13.6 Å². The first-order valence-corrected chi connectivity index (χ1v) is 4.37. The Kier molecular flexibility index (Phi) is 2.02. The number of nitrogens with one attached hydrogen (secondary N) is 1. The summed E-state index contributed by atoms with van der Waals surface area (Å²) in [6.07, 6.45) is 1.22. The second kappa shape index (κ2) is 3.03. The average Bonchev–Trinajstić information content (AvgIpc) is 2.12. The Hall–Kier alpha value is -0.610. The van der Waals surface area contributed by atoms with E-state index in [0.29, 0.717) is 6.04 Å². The van der Waals surface area contributed by atoms with Crippen LogP contribution in [0, 0.1) is 0 Å². The van der Waals surface area contributed by atoms with E-state index in [1.54, 1.807) is 0 Å². The largest absolute Gasteiger partial charge is 0.365 e. The zero-order valence-electron chi connectivity index (χ0n) is 7.25. The van der Waals surface area contributed by atoms with Crippen molar-refractivity contribution in [1.82, 2.24) is 10.2 Å². The standard InChI is InChI=1S/C8H14N2O2/c1-10-6-2-3-9-4-7(6)12-5-8(10)11/h6-7,9H,2-5H2,1H3/t6-,7-/m1/s1. The molecule has 2 aliphatic rings. The molecule has 4 nitrogen and oxygen atoms in total. The summed E-state index contributed by atoms with van der Waals surface area (Å²) in [7, 11) is 1.87. The molecule has 12 heavy (non-hydrogen) atoms. The number of hydrogen-bond donors (Lipinski definition) is 1. The number of ether oxygens (including phenoxy) is 1. The van der Waals surface area contributed by atoms with Crippen LogP contribution in [0.5, 0.6) is 0 Å². The van der Waals surface area contributed by atoms with Crippen LogP contribution in [0.15, 0.2) is 0 Å². The molecule has 0 aromatic carbocycles. The third-order valence-corrected chi connectivity index (χ3v) is 2.70. The fourth-order valence-corrected chi connectivity index (χ4v) is 1.89. The first-order valence-electron chi connectivity index (χ1n) is 4.37. The van der Waals surface area contributed by atoms with Crippen LogP contribution in [0.1, 0.15) is 6.42 Å². The average molecular weight is 170 g/mol. The third kappa shape index (κ3) is 1.21. The van der Waals surface area contributed by atoms with Crippen LogP contribution in [0.4, 0.5) is 0 Å². The zero-order chi connectivity index (χ0) is 8.55. The number of hydrogen-bond acceptors (Lipinski definition) is 3. The van der Waals surface area contributed by atoms with E-state index in [2.05, 4.69) is 5.32 Å². The van der Waals surface area contributed by atoms with Gasteiger partial charge in [-0.2, -0.15) is 0 Å². The summed E-state index contributed by atoms with van der Waals surface area (Å²) in [5.74, 6) is 0.109. The van der Waals surface area contributed by atoms with Gasteiger partial charge in [0.25, 0.3) is 0 Å². The SMILES string of the molecule is CN1C(=O)CO[C@@H]2CNCC[C@H]21. The summed E-state index contributed by atoms with van der Waals surface area (Å²) in [4.78, 5) is 13.1. The maximum absolute atomic E-state index is 11.2. The zero-order valence-corrected chi connectivity index (χ0v) is 7.25. The number of carbonyl (C=O) groups is 1. The summed E-state index contributed by atoms with van der Waals surface area (Å²) < 4.78 is 5.41.